The van der Waals surface area contributed by atoms with E-state index in [0.29, 0.717) is 22.4 Å². The summed E-state index contributed by atoms with van der Waals surface area (Å²) in [6.45, 7) is 1.53. The van der Waals surface area contributed by atoms with Gasteiger partial charge in [-0.05, 0) is 37.0 Å². The number of piperidine rings is 1. The molecule has 1 aromatic carbocycles. The number of carbonyl (C=O) groups is 1. The molecule has 98 valence electrons. The molecule has 2 nitrogen and oxygen atoms in total. The average Bonchev–Trinajstić information content (AvgIpc) is 2.41. The van der Waals surface area contributed by atoms with Gasteiger partial charge in [-0.15, -0.1) is 11.6 Å². The molecule has 1 aliphatic heterocycles. The van der Waals surface area contributed by atoms with Gasteiger partial charge in [-0.1, -0.05) is 27.5 Å². The van der Waals surface area contributed by atoms with Crippen LogP contribution in [0.4, 0.5) is 0 Å². The zero-order chi connectivity index (χ0) is 13.1. The molecule has 0 atom stereocenters. The first-order chi connectivity index (χ1) is 8.61. The van der Waals surface area contributed by atoms with Gasteiger partial charge < -0.3 is 4.90 Å². The number of rotatable bonds is 2. The lowest BCUT2D eigenvalue weighted by Crippen LogP contribution is -2.38. The van der Waals surface area contributed by atoms with Crippen molar-refractivity contribution in [3.8, 4) is 0 Å². The van der Waals surface area contributed by atoms with Gasteiger partial charge in [0.05, 0.1) is 10.6 Å². The smallest absolute Gasteiger partial charge is 0.255 e. The molecule has 1 amide bonds. The number of hydrogen-bond donors (Lipinski definition) is 0. The fourth-order valence-electron chi connectivity index (χ4n) is 2.12. The summed E-state index contributed by atoms with van der Waals surface area (Å²) < 4.78 is 0.867. The highest BCUT2D eigenvalue weighted by molar-refractivity contribution is 9.10. The maximum atomic E-state index is 12.4. The number of benzene rings is 1. The molecule has 2 rings (SSSR count). The Morgan fingerprint density at radius 3 is 2.67 bits per heavy atom. The van der Waals surface area contributed by atoms with E-state index in [4.69, 9.17) is 23.2 Å². The fourth-order valence-corrected chi connectivity index (χ4v) is 2.99. The van der Waals surface area contributed by atoms with Crippen molar-refractivity contribution in [2.45, 2.75) is 12.8 Å². The molecule has 0 bridgehead atoms. The van der Waals surface area contributed by atoms with Gasteiger partial charge in [-0.2, -0.15) is 0 Å². The normalized spacial score (nSPS) is 16.9. The Morgan fingerprint density at radius 1 is 1.39 bits per heavy atom. The van der Waals surface area contributed by atoms with Gasteiger partial charge in [0.25, 0.3) is 5.91 Å². The summed E-state index contributed by atoms with van der Waals surface area (Å²) in [4.78, 5) is 14.2. The van der Waals surface area contributed by atoms with Crippen LogP contribution in [-0.2, 0) is 0 Å². The number of alkyl halides is 1. The molecule has 0 aliphatic carbocycles. The first kappa shape index (κ1) is 14.2. The summed E-state index contributed by atoms with van der Waals surface area (Å²) in [6, 6.07) is 5.35. The van der Waals surface area contributed by atoms with Crippen LogP contribution >= 0.6 is 39.1 Å². The number of hydrogen-bond acceptors (Lipinski definition) is 1. The zero-order valence-electron chi connectivity index (χ0n) is 9.83. The van der Waals surface area contributed by atoms with Crippen LogP contribution in [0.1, 0.15) is 23.2 Å². The molecular weight excluding hydrogens is 337 g/mol. The second-order valence-electron chi connectivity index (χ2n) is 4.51. The molecule has 1 aromatic rings. The minimum Gasteiger partial charge on any atom is -0.339 e. The van der Waals surface area contributed by atoms with E-state index in [1.54, 1.807) is 12.1 Å². The van der Waals surface area contributed by atoms with E-state index in [2.05, 4.69) is 15.9 Å². The quantitative estimate of drug-likeness (QED) is 0.732. The average molecular weight is 351 g/mol. The predicted octanol–water partition coefficient (Wildman–Crippen LogP) is 4.19. The topological polar surface area (TPSA) is 20.3 Å². The Kier molecular flexibility index (Phi) is 4.93. The fraction of sp³-hybridized carbons (Fsp3) is 0.462. The van der Waals surface area contributed by atoms with E-state index < -0.39 is 0 Å². The number of likely N-dealkylation sites (tertiary alicyclic amines) is 1. The lowest BCUT2D eigenvalue weighted by molar-refractivity contribution is 0.0698. The first-order valence-corrected chi connectivity index (χ1v) is 7.62. The van der Waals surface area contributed by atoms with Gasteiger partial charge in [0.1, 0.15) is 0 Å². The monoisotopic (exact) mass is 349 g/mol. The molecule has 0 saturated carbocycles. The van der Waals surface area contributed by atoms with Gasteiger partial charge in [0, 0.05) is 23.4 Å². The van der Waals surface area contributed by atoms with Gasteiger partial charge >= 0.3 is 0 Å². The molecule has 0 spiro atoms. The predicted molar refractivity (Wildman–Crippen MR) is 78.5 cm³/mol. The second-order valence-corrected chi connectivity index (χ2v) is 6.15. The van der Waals surface area contributed by atoms with Gasteiger partial charge in [0.15, 0.2) is 0 Å². The van der Waals surface area contributed by atoms with E-state index in [0.717, 1.165) is 30.4 Å². The van der Waals surface area contributed by atoms with Crippen molar-refractivity contribution in [2.24, 2.45) is 5.92 Å². The Balaban J connectivity index is 2.10. The largest absolute Gasteiger partial charge is 0.339 e. The van der Waals surface area contributed by atoms with E-state index in [9.17, 15) is 4.79 Å². The SMILES string of the molecule is O=C(c1cc(Br)ccc1Cl)N1CCC(CCl)CC1. The number of amides is 1. The summed E-state index contributed by atoms with van der Waals surface area (Å²) in [5.74, 6) is 1.22. The van der Waals surface area contributed by atoms with Crippen LogP contribution < -0.4 is 0 Å². The van der Waals surface area contributed by atoms with Crippen molar-refractivity contribution in [3.63, 3.8) is 0 Å². The highest BCUT2D eigenvalue weighted by Gasteiger charge is 2.24. The van der Waals surface area contributed by atoms with Crippen molar-refractivity contribution in [1.29, 1.82) is 0 Å². The second kappa shape index (κ2) is 6.27. The summed E-state index contributed by atoms with van der Waals surface area (Å²) in [5.41, 5.74) is 0.565. The highest BCUT2D eigenvalue weighted by Crippen LogP contribution is 2.25. The molecule has 0 unspecified atom stereocenters. The molecule has 0 aromatic heterocycles. The van der Waals surface area contributed by atoms with E-state index in [1.807, 2.05) is 11.0 Å². The maximum Gasteiger partial charge on any atom is 0.255 e. The highest BCUT2D eigenvalue weighted by atomic mass is 79.9. The number of carbonyl (C=O) groups excluding carboxylic acids is 1. The zero-order valence-corrected chi connectivity index (χ0v) is 12.9. The van der Waals surface area contributed by atoms with E-state index in [-0.39, 0.29) is 5.91 Å². The minimum absolute atomic E-state index is 0.00863. The van der Waals surface area contributed by atoms with Gasteiger partial charge in [-0.3, -0.25) is 4.79 Å². The Morgan fingerprint density at radius 2 is 2.06 bits per heavy atom. The summed E-state index contributed by atoms with van der Waals surface area (Å²) in [6.07, 6.45) is 1.95. The van der Waals surface area contributed by atoms with Crippen LogP contribution in [0.25, 0.3) is 0 Å². The van der Waals surface area contributed by atoms with E-state index in [1.165, 1.54) is 0 Å². The third-order valence-electron chi connectivity index (χ3n) is 3.28. The van der Waals surface area contributed by atoms with Crippen LogP contribution in [-0.4, -0.2) is 29.8 Å². The molecule has 0 N–H and O–H groups in total. The standard InChI is InChI=1S/C13H14BrCl2NO/c14-10-1-2-12(16)11(7-10)13(18)17-5-3-9(8-15)4-6-17/h1-2,7,9H,3-6,8H2. The molecular formula is C13H14BrCl2NO. The van der Waals surface area contributed by atoms with Crippen LogP contribution in [0.5, 0.6) is 0 Å². The van der Waals surface area contributed by atoms with Crippen molar-refractivity contribution in [2.75, 3.05) is 19.0 Å². The molecule has 0 radical (unpaired) electrons. The first-order valence-electron chi connectivity index (χ1n) is 5.92. The third-order valence-corrected chi connectivity index (χ3v) is 4.54. The van der Waals surface area contributed by atoms with Crippen LogP contribution in [0.2, 0.25) is 5.02 Å². The lowest BCUT2D eigenvalue weighted by atomic mass is 9.98. The molecule has 1 heterocycles. The summed E-state index contributed by atoms with van der Waals surface area (Å²) >= 11 is 15.3. The van der Waals surface area contributed by atoms with Gasteiger partial charge in [-0.25, -0.2) is 0 Å². The maximum absolute atomic E-state index is 12.4. The summed E-state index contributed by atoms with van der Waals surface area (Å²) in [5, 5.41) is 0.502. The van der Waals surface area contributed by atoms with Crippen LogP contribution in [0.15, 0.2) is 22.7 Å². The van der Waals surface area contributed by atoms with Crippen molar-refractivity contribution >= 4 is 45.0 Å². The lowest BCUT2D eigenvalue weighted by Gasteiger charge is -2.31. The third kappa shape index (κ3) is 3.19. The minimum atomic E-state index is 0.00863. The Labute approximate surface area is 125 Å². The molecule has 1 fully saturated rings. The van der Waals surface area contributed by atoms with Crippen molar-refractivity contribution in [1.82, 2.24) is 4.90 Å². The molecule has 18 heavy (non-hydrogen) atoms. The van der Waals surface area contributed by atoms with Gasteiger partial charge in [0.2, 0.25) is 0 Å². The van der Waals surface area contributed by atoms with Crippen LogP contribution in [0.3, 0.4) is 0 Å². The Hall–Kier alpha value is -0.250. The summed E-state index contributed by atoms with van der Waals surface area (Å²) in [7, 11) is 0. The molecule has 1 aliphatic rings. The molecule has 5 heteroatoms. The van der Waals surface area contributed by atoms with Crippen molar-refractivity contribution < 1.29 is 4.79 Å². The van der Waals surface area contributed by atoms with Crippen LogP contribution in [0, 0.1) is 5.92 Å². The number of nitrogens with zero attached hydrogens (tertiary/aromatic N) is 1. The van der Waals surface area contributed by atoms with Crippen molar-refractivity contribution in [3.05, 3.63) is 33.3 Å². The van der Waals surface area contributed by atoms with E-state index >= 15 is 0 Å². The number of halogens is 3. The molecule has 1 saturated heterocycles. The Bertz CT molecular complexity index is 445.